The van der Waals surface area contributed by atoms with Crippen LogP contribution in [-0.2, 0) is 0 Å². The SMILES string of the molecule is CCSc1ccc(C(O)C(CC)CC)cc1. The van der Waals surface area contributed by atoms with Gasteiger partial charge in [0.1, 0.15) is 0 Å². The molecule has 0 aliphatic rings. The number of hydrogen-bond acceptors (Lipinski definition) is 2. The molecule has 0 aliphatic carbocycles. The van der Waals surface area contributed by atoms with Crippen LogP contribution in [0.3, 0.4) is 0 Å². The van der Waals surface area contributed by atoms with Crippen LogP contribution in [0.2, 0.25) is 0 Å². The first-order valence-electron chi connectivity index (χ1n) is 6.13. The molecule has 1 aromatic rings. The van der Waals surface area contributed by atoms with E-state index in [1.54, 1.807) is 0 Å². The molecule has 0 spiro atoms. The molecule has 1 unspecified atom stereocenters. The molecular formula is C14H22OS. The number of aliphatic hydroxyl groups is 1. The van der Waals surface area contributed by atoms with Crippen LogP contribution < -0.4 is 0 Å². The van der Waals surface area contributed by atoms with E-state index in [0.29, 0.717) is 5.92 Å². The van der Waals surface area contributed by atoms with E-state index in [1.807, 2.05) is 11.8 Å². The lowest BCUT2D eigenvalue weighted by molar-refractivity contribution is 0.103. The summed E-state index contributed by atoms with van der Waals surface area (Å²) in [5.74, 6) is 1.47. The van der Waals surface area contributed by atoms with Gasteiger partial charge in [0.25, 0.3) is 0 Å². The zero-order valence-electron chi connectivity index (χ0n) is 10.4. The van der Waals surface area contributed by atoms with Crippen LogP contribution >= 0.6 is 11.8 Å². The molecular weight excluding hydrogens is 216 g/mol. The maximum atomic E-state index is 10.2. The molecule has 0 aromatic heterocycles. The van der Waals surface area contributed by atoms with Gasteiger partial charge in [-0.1, -0.05) is 45.7 Å². The predicted molar refractivity (Wildman–Crippen MR) is 71.9 cm³/mol. The van der Waals surface area contributed by atoms with Crippen LogP contribution in [0.25, 0.3) is 0 Å². The first kappa shape index (κ1) is 13.6. The van der Waals surface area contributed by atoms with Crippen LogP contribution in [0.4, 0.5) is 0 Å². The fraction of sp³-hybridized carbons (Fsp3) is 0.571. The summed E-state index contributed by atoms with van der Waals surface area (Å²) in [6.45, 7) is 6.43. The molecule has 16 heavy (non-hydrogen) atoms. The van der Waals surface area contributed by atoms with E-state index < -0.39 is 0 Å². The summed E-state index contributed by atoms with van der Waals surface area (Å²) in [7, 11) is 0. The van der Waals surface area contributed by atoms with Crippen molar-refractivity contribution in [2.45, 2.75) is 44.6 Å². The fourth-order valence-electron chi connectivity index (χ4n) is 1.94. The Bertz CT molecular complexity index is 290. The van der Waals surface area contributed by atoms with Gasteiger partial charge in [-0.25, -0.2) is 0 Å². The van der Waals surface area contributed by atoms with Crippen LogP contribution in [0, 0.1) is 5.92 Å². The second kappa shape index (κ2) is 6.97. The summed E-state index contributed by atoms with van der Waals surface area (Å²) in [4.78, 5) is 1.28. The maximum Gasteiger partial charge on any atom is 0.0818 e. The lowest BCUT2D eigenvalue weighted by Crippen LogP contribution is -2.10. The number of rotatable bonds is 6. The monoisotopic (exact) mass is 238 g/mol. The highest BCUT2D eigenvalue weighted by molar-refractivity contribution is 7.99. The Morgan fingerprint density at radius 3 is 2.06 bits per heavy atom. The van der Waals surface area contributed by atoms with Gasteiger partial charge < -0.3 is 5.11 Å². The number of benzene rings is 1. The Hall–Kier alpha value is -0.470. The molecule has 1 rings (SSSR count). The molecule has 0 heterocycles. The Balaban J connectivity index is 2.72. The predicted octanol–water partition coefficient (Wildman–Crippen LogP) is 4.27. The van der Waals surface area contributed by atoms with Crippen molar-refractivity contribution in [3.63, 3.8) is 0 Å². The molecule has 0 radical (unpaired) electrons. The Labute approximate surface area is 103 Å². The van der Waals surface area contributed by atoms with Crippen molar-refractivity contribution in [3.05, 3.63) is 29.8 Å². The Kier molecular flexibility index (Phi) is 5.93. The Morgan fingerprint density at radius 1 is 1.06 bits per heavy atom. The minimum atomic E-state index is -0.310. The summed E-state index contributed by atoms with van der Waals surface area (Å²) in [5, 5.41) is 10.2. The normalized spacial score (nSPS) is 13.1. The van der Waals surface area contributed by atoms with E-state index in [4.69, 9.17) is 0 Å². The van der Waals surface area contributed by atoms with Crippen LogP contribution in [0.1, 0.15) is 45.3 Å². The molecule has 1 atom stereocenters. The van der Waals surface area contributed by atoms with Crippen molar-refractivity contribution >= 4 is 11.8 Å². The first-order valence-corrected chi connectivity index (χ1v) is 7.12. The van der Waals surface area contributed by atoms with E-state index in [9.17, 15) is 5.11 Å². The average molecular weight is 238 g/mol. The highest BCUT2D eigenvalue weighted by Crippen LogP contribution is 2.28. The lowest BCUT2D eigenvalue weighted by atomic mass is 9.91. The van der Waals surface area contributed by atoms with Gasteiger partial charge in [-0.2, -0.15) is 0 Å². The standard InChI is InChI=1S/C14H22OS/c1-4-11(5-2)14(15)12-7-9-13(10-8-12)16-6-3/h7-11,14-15H,4-6H2,1-3H3. The molecule has 0 aliphatic heterocycles. The van der Waals surface area contributed by atoms with Crippen molar-refractivity contribution in [3.8, 4) is 0 Å². The minimum absolute atomic E-state index is 0.310. The number of thioether (sulfide) groups is 1. The van der Waals surface area contributed by atoms with Gasteiger partial charge in [0.05, 0.1) is 6.10 Å². The third-order valence-electron chi connectivity index (χ3n) is 3.03. The Morgan fingerprint density at radius 2 is 1.62 bits per heavy atom. The number of hydrogen-bond donors (Lipinski definition) is 1. The molecule has 1 N–H and O–H groups in total. The van der Waals surface area contributed by atoms with Crippen LogP contribution in [-0.4, -0.2) is 10.9 Å². The van der Waals surface area contributed by atoms with Crippen LogP contribution in [0.5, 0.6) is 0 Å². The lowest BCUT2D eigenvalue weighted by Gasteiger charge is -2.20. The highest BCUT2D eigenvalue weighted by atomic mass is 32.2. The summed E-state index contributed by atoms with van der Waals surface area (Å²) in [6, 6.07) is 8.33. The molecule has 1 aromatic carbocycles. The fourth-order valence-corrected chi connectivity index (χ4v) is 2.60. The second-order valence-corrected chi connectivity index (χ2v) is 5.36. The molecule has 90 valence electrons. The van der Waals surface area contributed by atoms with Gasteiger partial charge in [0.2, 0.25) is 0 Å². The zero-order chi connectivity index (χ0) is 12.0. The second-order valence-electron chi connectivity index (χ2n) is 4.02. The molecule has 0 amide bonds. The van der Waals surface area contributed by atoms with E-state index in [0.717, 1.165) is 24.2 Å². The first-order chi connectivity index (χ1) is 7.72. The zero-order valence-corrected chi connectivity index (χ0v) is 11.3. The number of aliphatic hydroxyl groups excluding tert-OH is 1. The quantitative estimate of drug-likeness (QED) is 0.747. The largest absolute Gasteiger partial charge is 0.388 e. The van der Waals surface area contributed by atoms with Crippen molar-refractivity contribution in [2.24, 2.45) is 5.92 Å². The summed E-state index contributed by atoms with van der Waals surface area (Å²) in [5.41, 5.74) is 1.05. The molecule has 1 nitrogen and oxygen atoms in total. The third-order valence-corrected chi connectivity index (χ3v) is 3.92. The summed E-state index contributed by atoms with van der Waals surface area (Å²) < 4.78 is 0. The van der Waals surface area contributed by atoms with E-state index in [1.165, 1.54) is 4.90 Å². The highest BCUT2D eigenvalue weighted by Gasteiger charge is 2.16. The molecule has 0 fully saturated rings. The van der Waals surface area contributed by atoms with E-state index in [2.05, 4.69) is 45.0 Å². The summed E-state index contributed by atoms with van der Waals surface area (Å²) >= 11 is 1.83. The van der Waals surface area contributed by atoms with E-state index in [-0.39, 0.29) is 6.10 Å². The van der Waals surface area contributed by atoms with Crippen molar-refractivity contribution in [2.75, 3.05) is 5.75 Å². The maximum absolute atomic E-state index is 10.2. The molecule has 0 bridgehead atoms. The van der Waals surface area contributed by atoms with Crippen molar-refractivity contribution in [1.82, 2.24) is 0 Å². The van der Waals surface area contributed by atoms with Crippen LogP contribution in [0.15, 0.2) is 29.2 Å². The topological polar surface area (TPSA) is 20.2 Å². The van der Waals surface area contributed by atoms with Gasteiger partial charge in [-0.15, -0.1) is 11.8 Å². The summed E-state index contributed by atoms with van der Waals surface area (Å²) in [6.07, 6.45) is 1.75. The van der Waals surface area contributed by atoms with E-state index >= 15 is 0 Å². The van der Waals surface area contributed by atoms with Gasteiger partial charge in [-0.05, 0) is 29.4 Å². The van der Waals surface area contributed by atoms with Crippen molar-refractivity contribution in [1.29, 1.82) is 0 Å². The van der Waals surface area contributed by atoms with Gasteiger partial charge >= 0.3 is 0 Å². The average Bonchev–Trinajstić information content (AvgIpc) is 2.32. The third kappa shape index (κ3) is 3.53. The molecule has 0 saturated heterocycles. The van der Waals surface area contributed by atoms with Gasteiger partial charge in [0, 0.05) is 4.90 Å². The van der Waals surface area contributed by atoms with Crippen molar-refractivity contribution < 1.29 is 5.11 Å². The van der Waals surface area contributed by atoms with Gasteiger partial charge in [0.15, 0.2) is 0 Å². The molecule has 2 heteroatoms. The molecule has 0 saturated carbocycles. The smallest absolute Gasteiger partial charge is 0.0818 e. The minimum Gasteiger partial charge on any atom is -0.388 e. The van der Waals surface area contributed by atoms with Gasteiger partial charge in [-0.3, -0.25) is 0 Å².